The van der Waals surface area contributed by atoms with E-state index in [4.69, 9.17) is 14.2 Å². The number of unbranched alkanes of at least 4 members (excludes halogenated alkanes) is 30. The van der Waals surface area contributed by atoms with Crippen molar-refractivity contribution in [2.75, 3.05) is 13.2 Å². The number of allylic oxidation sites excluding steroid dienone is 16. The molecule has 0 aliphatic carbocycles. The second-order valence-electron chi connectivity index (χ2n) is 19.0. The van der Waals surface area contributed by atoms with Crippen molar-refractivity contribution in [2.24, 2.45) is 0 Å². The summed E-state index contributed by atoms with van der Waals surface area (Å²) in [5.74, 6) is -0.935. The van der Waals surface area contributed by atoms with Gasteiger partial charge in [0.05, 0.1) is 0 Å². The molecule has 0 amide bonds. The average Bonchev–Trinajstić information content (AvgIpc) is 3.35. The molecule has 0 heterocycles. The van der Waals surface area contributed by atoms with Crippen molar-refractivity contribution in [3.63, 3.8) is 0 Å². The average molecular weight is 960 g/mol. The summed E-state index contributed by atoms with van der Waals surface area (Å²) in [6.07, 6.45) is 75.2. The van der Waals surface area contributed by atoms with E-state index in [1.54, 1.807) is 0 Å². The number of carbonyl (C=O) groups excluding carboxylic acids is 3. The summed E-state index contributed by atoms with van der Waals surface area (Å²) in [5.41, 5.74) is 0. The molecule has 0 spiro atoms. The van der Waals surface area contributed by atoms with Crippen LogP contribution in [0.3, 0.4) is 0 Å². The van der Waals surface area contributed by atoms with Crippen LogP contribution in [0, 0.1) is 0 Å². The molecule has 0 aromatic heterocycles. The van der Waals surface area contributed by atoms with Crippen LogP contribution in [0.5, 0.6) is 0 Å². The van der Waals surface area contributed by atoms with Gasteiger partial charge < -0.3 is 14.2 Å². The van der Waals surface area contributed by atoms with E-state index in [9.17, 15) is 14.4 Å². The van der Waals surface area contributed by atoms with Crippen molar-refractivity contribution in [1.29, 1.82) is 0 Å². The summed E-state index contributed by atoms with van der Waals surface area (Å²) >= 11 is 0. The van der Waals surface area contributed by atoms with E-state index in [1.165, 1.54) is 116 Å². The maximum atomic E-state index is 12.9. The maximum Gasteiger partial charge on any atom is 0.306 e. The molecular formula is C63H106O6. The molecule has 0 aromatic carbocycles. The molecule has 6 heteroatoms. The Morgan fingerprint density at radius 2 is 0.522 bits per heavy atom. The van der Waals surface area contributed by atoms with Crippen molar-refractivity contribution >= 4 is 17.9 Å². The SMILES string of the molecule is CCCCC\C=C/C=C\C=C/C=C\CCCCCCCC(=O)OCC(COC(=O)CCCCCCCCCCCCCCCCC)OC(=O)CCCCCCC\C=C/C=C\C=C/C=C\CCCCC. The van der Waals surface area contributed by atoms with Crippen molar-refractivity contribution in [2.45, 2.75) is 271 Å². The van der Waals surface area contributed by atoms with E-state index in [0.29, 0.717) is 19.3 Å². The summed E-state index contributed by atoms with van der Waals surface area (Å²) < 4.78 is 16.8. The zero-order chi connectivity index (χ0) is 50.0. The molecule has 0 saturated carbocycles. The minimum atomic E-state index is -0.800. The summed E-state index contributed by atoms with van der Waals surface area (Å²) in [6, 6.07) is 0. The van der Waals surface area contributed by atoms with Gasteiger partial charge in [0.25, 0.3) is 0 Å². The van der Waals surface area contributed by atoms with Crippen LogP contribution in [0.2, 0.25) is 0 Å². The van der Waals surface area contributed by atoms with Crippen LogP contribution in [0.4, 0.5) is 0 Å². The molecule has 0 radical (unpaired) electrons. The normalized spacial score (nSPS) is 12.8. The second kappa shape index (κ2) is 56.9. The number of hydrogen-bond acceptors (Lipinski definition) is 6. The van der Waals surface area contributed by atoms with E-state index in [2.05, 4.69) is 118 Å². The molecule has 0 aromatic rings. The largest absolute Gasteiger partial charge is 0.462 e. The molecule has 6 nitrogen and oxygen atoms in total. The Hall–Kier alpha value is -3.67. The van der Waals surface area contributed by atoms with Crippen molar-refractivity contribution in [3.05, 3.63) is 97.2 Å². The predicted octanol–water partition coefficient (Wildman–Crippen LogP) is 19.3. The molecule has 69 heavy (non-hydrogen) atoms. The lowest BCUT2D eigenvalue weighted by Crippen LogP contribution is -2.30. The molecule has 0 N–H and O–H groups in total. The highest BCUT2D eigenvalue weighted by atomic mass is 16.6. The zero-order valence-corrected chi connectivity index (χ0v) is 45.0. The molecule has 0 rings (SSSR count). The van der Waals surface area contributed by atoms with Crippen LogP contribution in [0.15, 0.2) is 97.2 Å². The molecule has 0 saturated heterocycles. The summed E-state index contributed by atoms with van der Waals surface area (Å²) in [4.78, 5) is 38.2. The highest BCUT2D eigenvalue weighted by molar-refractivity contribution is 5.71. The van der Waals surface area contributed by atoms with Crippen molar-refractivity contribution in [1.82, 2.24) is 0 Å². The van der Waals surface area contributed by atoms with E-state index >= 15 is 0 Å². The van der Waals surface area contributed by atoms with Gasteiger partial charge in [-0.2, -0.15) is 0 Å². The quantitative estimate of drug-likeness (QED) is 0.0262. The lowest BCUT2D eigenvalue weighted by atomic mass is 10.0. The Balaban J connectivity index is 4.49. The predicted molar refractivity (Wildman–Crippen MR) is 297 cm³/mol. The first-order valence-corrected chi connectivity index (χ1v) is 28.8. The summed E-state index contributed by atoms with van der Waals surface area (Å²) in [7, 11) is 0. The minimum absolute atomic E-state index is 0.0940. The minimum Gasteiger partial charge on any atom is -0.462 e. The maximum absolute atomic E-state index is 12.9. The van der Waals surface area contributed by atoms with Gasteiger partial charge in [-0.3, -0.25) is 14.4 Å². The Bertz CT molecular complexity index is 1380. The van der Waals surface area contributed by atoms with Gasteiger partial charge >= 0.3 is 17.9 Å². The summed E-state index contributed by atoms with van der Waals surface area (Å²) in [5, 5.41) is 0. The Morgan fingerprint density at radius 3 is 0.841 bits per heavy atom. The van der Waals surface area contributed by atoms with Crippen LogP contribution in [0.25, 0.3) is 0 Å². The topological polar surface area (TPSA) is 78.9 Å². The van der Waals surface area contributed by atoms with E-state index in [1.807, 2.05) is 0 Å². The fraction of sp³-hybridized carbons (Fsp3) is 0.698. The Morgan fingerprint density at radius 1 is 0.290 bits per heavy atom. The lowest BCUT2D eigenvalue weighted by molar-refractivity contribution is -0.167. The molecule has 0 fully saturated rings. The Labute approximate surface area is 426 Å². The van der Waals surface area contributed by atoms with Crippen LogP contribution in [-0.2, 0) is 28.6 Å². The highest BCUT2D eigenvalue weighted by Gasteiger charge is 2.19. The molecule has 0 aliphatic rings. The third kappa shape index (κ3) is 55.1. The van der Waals surface area contributed by atoms with Gasteiger partial charge in [0.2, 0.25) is 0 Å². The van der Waals surface area contributed by atoms with Crippen molar-refractivity contribution < 1.29 is 28.6 Å². The van der Waals surface area contributed by atoms with Crippen LogP contribution in [-0.4, -0.2) is 37.2 Å². The van der Waals surface area contributed by atoms with Gasteiger partial charge in [0.15, 0.2) is 6.10 Å². The first kappa shape index (κ1) is 65.3. The highest BCUT2D eigenvalue weighted by Crippen LogP contribution is 2.15. The van der Waals surface area contributed by atoms with Crippen LogP contribution < -0.4 is 0 Å². The first-order chi connectivity index (χ1) is 34.0. The molecule has 0 aliphatic heterocycles. The van der Waals surface area contributed by atoms with Gasteiger partial charge in [-0.1, -0.05) is 272 Å². The monoisotopic (exact) mass is 959 g/mol. The van der Waals surface area contributed by atoms with Gasteiger partial charge in [-0.25, -0.2) is 0 Å². The van der Waals surface area contributed by atoms with E-state index in [0.717, 1.165) is 109 Å². The standard InChI is InChI=1S/C63H106O6/c1-4-7-10-13-16-19-22-25-28-30-32-35-38-41-44-47-50-53-56-62(65)68-59-60(58-67-61(64)55-52-49-46-43-40-37-34-27-24-21-18-15-12-9-6-3)69-63(66)57-54-51-48-45-42-39-36-33-31-29-26-23-20-17-14-11-8-5-2/h16-17,19-20,22-23,25-26,28-33,35-36,60H,4-15,18,21,24,27,34,37-59H2,1-3H3/b19-16-,20-17-,25-22-,26-23-,30-28-,31-29-,35-32-,36-33-. The number of esters is 3. The molecule has 394 valence electrons. The molecule has 1 atom stereocenters. The zero-order valence-electron chi connectivity index (χ0n) is 45.0. The number of hydrogen-bond donors (Lipinski definition) is 0. The van der Waals surface area contributed by atoms with Crippen LogP contribution in [0.1, 0.15) is 265 Å². The third-order valence-electron chi connectivity index (χ3n) is 12.3. The fourth-order valence-corrected chi connectivity index (χ4v) is 7.88. The second-order valence-corrected chi connectivity index (χ2v) is 19.0. The fourth-order valence-electron chi connectivity index (χ4n) is 7.88. The molecule has 0 bridgehead atoms. The first-order valence-electron chi connectivity index (χ1n) is 28.8. The lowest BCUT2D eigenvalue weighted by Gasteiger charge is -2.18. The number of rotatable bonds is 51. The van der Waals surface area contributed by atoms with E-state index < -0.39 is 6.10 Å². The van der Waals surface area contributed by atoms with Gasteiger partial charge in [0.1, 0.15) is 13.2 Å². The Kier molecular flexibility index (Phi) is 53.9. The van der Waals surface area contributed by atoms with Gasteiger partial charge in [0, 0.05) is 19.3 Å². The third-order valence-corrected chi connectivity index (χ3v) is 12.3. The smallest absolute Gasteiger partial charge is 0.306 e. The van der Waals surface area contributed by atoms with Gasteiger partial charge in [-0.15, -0.1) is 0 Å². The van der Waals surface area contributed by atoms with Crippen molar-refractivity contribution in [3.8, 4) is 0 Å². The van der Waals surface area contributed by atoms with Crippen LogP contribution >= 0.6 is 0 Å². The molecule has 1 unspecified atom stereocenters. The number of ether oxygens (including phenoxy) is 3. The number of carbonyl (C=O) groups is 3. The van der Waals surface area contributed by atoms with Gasteiger partial charge in [-0.05, 0) is 70.6 Å². The summed E-state index contributed by atoms with van der Waals surface area (Å²) in [6.45, 7) is 6.54. The molecular weight excluding hydrogens is 853 g/mol. The van der Waals surface area contributed by atoms with E-state index in [-0.39, 0.29) is 31.1 Å².